The van der Waals surface area contributed by atoms with Crippen molar-refractivity contribution in [3.63, 3.8) is 0 Å². The second kappa shape index (κ2) is 6.32. The van der Waals surface area contributed by atoms with Gasteiger partial charge in [-0.15, -0.1) is 0 Å². The third kappa shape index (κ3) is 4.43. The summed E-state index contributed by atoms with van der Waals surface area (Å²) in [6.07, 6.45) is 2.98. The molecule has 2 rings (SSSR count). The molecule has 0 bridgehead atoms. The second-order valence-electron chi connectivity index (χ2n) is 6.09. The summed E-state index contributed by atoms with van der Waals surface area (Å²) in [5.41, 5.74) is 1.84. The summed E-state index contributed by atoms with van der Waals surface area (Å²) in [5, 5.41) is 6.52. The summed E-state index contributed by atoms with van der Waals surface area (Å²) in [7, 11) is 0. The van der Waals surface area contributed by atoms with Crippen LogP contribution in [0.3, 0.4) is 0 Å². The summed E-state index contributed by atoms with van der Waals surface area (Å²) in [4.78, 5) is 20.5. The average molecular weight is 319 g/mol. The molecule has 6 heteroatoms. The number of nitrogens with one attached hydrogen (secondary N) is 2. The maximum atomic E-state index is 12.2. The number of carbonyl (C=O) groups excluding carboxylic acids is 1. The molecule has 0 aliphatic heterocycles. The summed E-state index contributed by atoms with van der Waals surface area (Å²) in [6.45, 7) is 7.94. The van der Waals surface area contributed by atoms with Gasteiger partial charge in [-0.1, -0.05) is 17.7 Å². The normalized spacial score (nSPS) is 11.1. The SMILES string of the molecule is Cc1ccc(NC(=O)c2cnc(NC(C)(C)C)nc2)cc1Cl. The molecule has 22 heavy (non-hydrogen) atoms. The second-order valence-corrected chi connectivity index (χ2v) is 6.50. The van der Waals surface area contributed by atoms with Crippen LogP contribution in [0.5, 0.6) is 0 Å². The van der Waals surface area contributed by atoms with Gasteiger partial charge < -0.3 is 10.6 Å². The minimum Gasteiger partial charge on any atom is -0.350 e. The van der Waals surface area contributed by atoms with Crippen molar-refractivity contribution < 1.29 is 4.79 Å². The number of nitrogens with zero attached hydrogens (tertiary/aromatic N) is 2. The highest BCUT2D eigenvalue weighted by Gasteiger charge is 2.12. The zero-order valence-corrected chi connectivity index (χ0v) is 13.8. The first-order valence-corrected chi connectivity index (χ1v) is 7.30. The first kappa shape index (κ1) is 16.2. The molecular weight excluding hydrogens is 300 g/mol. The standard InChI is InChI=1S/C16H19ClN4O/c1-10-5-6-12(7-13(10)17)20-14(22)11-8-18-15(19-9-11)21-16(2,3)4/h5-9H,1-4H3,(H,20,22)(H,18,19,21). The summed E-state index contributed by atoms with van der Waals surface area (Å²) in [5.74, 6) is 0.213. The molecule has 0 aliphatic carbocycles. The predicted octanol–water partition coefficient (Wildman–Crippen LogP) is 3.90. The minimum absolute atomic E-state index is 0.136. The topological polar surface area (TPSA) is 66.9 Å². The zero-order valence-electron chi connectivity index (χ0n) is 13.1. The van der Waals surface area contributed by atoms with Gasteiger partial charge in [0.05, 0.1) is 5.56 Å². The van der Waals surface area contributed by atoms with Gasteiger partial charge in [-0.2, -0.15) is 0 Å². The van der Waals surface area contributed by atoms with E-state index < -0.39 is 0 Å². The van der Waals surface area contributed by atoms with Crippen molar-refractivity contribution in [2.24, 2.45) is 0 Å². The fourth-order valence-electron chi connectivity index (χ4n) is 1.72. The molecule has 0 saturated carbocycles. The molecule has 0 saturated heterocycles. The molecule has 0 unspecified atom stereocenters. The van der Waals surface area contributed by atoms with Gasteiger partial charge in [0.25, 0.3) is 5.91 Å². The molecule has 1 aromatic carbocycles. The molecule has 1 aromatic heterocycles. The van der Waals surface area contributed by atoms with Crippen molar-refractivity contribution in [2.45, 2.75) is 33.2 Å². The highest BCUT2D eigenvalue weighted by Crippen LogP contribution is 2.20. The van der Waals surface area contributed by atoms with Gasteiger partial charge in [-0.25, -0.2) is 9.97 Å². The molecule has 116 valence electrons. The minimum atomic E-state index is -0.276. The van der Waals surface area contributed by atoms with Crippen LogP contribution in [0.15, 0.2) is 30.6 Å². The number of aryl methyl sites for hydroxylation is 1. The largest absolute Gasteiger partial charge is 0.350 e. The van der Waals surface area contributed by atoms with Gasteiger partial charge in [0, 0.05) is 28.6 Å². The molecule has 0 atom stereocenters. The molecule has 1 heterocycles. The maximum Gasteiger partial charge on any atom is 0.258 e. The molecule has 5 nitrogen and oxygen atoms in total. The predicted molar refractivity (Wildman–Crippen MR) is 89.5 cm³/mol. The van der Waals surface area contributed by atoms with Crippen LogP contribution in [0.25, 0.3) is 0 Å². The number of aromatic nitrogens is 2. The quantitative estimate of drug-likeness (QED) is 0.900. The van der Waals surface area contributed by atoms with E-state index >= 15 is 0 Å². The smallest absolute Gasteiger partial charge is 0.258 e. The Bertz CT molecular complexity index is 678. The fraction of sp³-hybridized carbons (Fsp3) is 0.312. The number of carbonyl (C=O) groups is 1. The van der Waals surface area contributed by atoms with Crippen molar-refractivity contribution in [3.8, 4) is 0 Å². The Morgan fingerprint density at radius 2 is 1.82 bits per heavy atom. The fourth-order valence-corrected chi connectivity index (χ4v) is 1.90. The van der Waals surface area contributed by atoms with Crippen LogP contribution in [0.1, 0.15) is 36.7 Å². The van der Waals surface area contributed by atoms with Crippen LogP contribution in [0.2, 0.25) is 5.02 Å². The first-order chi connectivity index (χ1) is 10.2. The maximum absolute atomic E-state index is 12.2. The van der Waals surface area contributed by atoms with E-state index in [2.05, 4.69) is 20.6 Å². The Morgan fingerprint density at radius 1 is 1.18 bits per heavy atom. The van der Waals surface area contributed by atoms with Gasteiger partial charge in [0.2, 0.25) is 5.95 Å². The molecule has 0 spiro atoms. The third-order valence-corrected chi connectivity index (χ3v) is 3.24. The van der Waals surface area contributed by atoms with Crippen LogP contribution in [-0.2, 0) is 0 Å². The number of rotatable bonds is 3. The monoisotopic (exact) mass is 318 g/mol. The molecule has 1 amide bonds. The molecule has 2 aromatic rings. The van der Waals surface area contributed by atoms with Crippen molar-refractivity contribution >= 4 is 29.1 Å². The van der Waals surface area contributed by atoms with E-state index in [1.165, 1.54) is 12.4 Å². The highest BCUT2D eigenvalue weighted by molar-refractivity contribution is 6.31. The Morgan fingerprint density at radius 3 is 2.36 bits per heavy atom. The number of amides is 1. The van der Waals surface area contributed by atoms with Gasteiger partial charge in [-0.3, -0.25) is 4.79 Å². The Hall–Kier alpha value is -2.14. The average Bonchev–Trinajstić information content (AvgIpc) is 2.42. The summed E-state index contributed by atoms with van der Waals surface area (Å²) in [6, 6.07) is 5.37. The van der Waals surface area contributed by atoms with Crippen molar-refractivity contribution in [1.82, 2.24) is 9.97 Å². The number of halogens is 1. The molecule has 0 radical (unpaired) electrons. The number of hydrogen-bond acceptors (Lipinski definition) is 4. The lowest BCUT2D eigenvalue weighted by atomic mass is 10.1. The van der Waals surface area contributed by atoms with Crippen molar-refractivity contribution in [3.05, 3.63) is 46.7 Å². The van der Waals surface area contributed by atoms with Crippen LogP contribution >= 0.6 is 11.6 Å². The number of anilines is 2. The van der Waals surface area contributed by atoms with E-state index in [-0.39, 0.29) is 11.4 Å². The van der Waals surface area contributed by atoms with Crippen molar-refractivity contribution in [2.75, 3.05) is 10.6 Å². The molecule has 0 fully saturated rings. The lowest BCUT2D eigenvalue weighted by molar-refractivity contribution is 0.102. The van der Waals surface area contributed by atoms with Crippen LogP contribution in [0.4, 0.5) is 11.6 Å². The summed E-state index contributed by atoms with van der Waals surface area (Å²) < 4.78 is 0. The lowest BCUT2D eigenvalue weighted by Crippen LogP contribution is -2.27. The van der Waals surface area contributed by atoms with E-state index in [9.17, 15) is 4.79 Å². The van der Waals surface area contributed by atoms with E-state index in [1.807, 2.05) is 33.8 Å². The number of hydrogen-bond donors (Lipinski definition) is 2. The zero-order chi connectivity index (χ0) is 16.3. The van der Waals surface area contributed by atoms with E-state index in [1.54, 1.807) is 12.1 Å². The van der Waals surface area contributed by atoms with Crippen LogP contribution < -0.4 is 10.6 Å². The summed E-state index contributed by atoms with van der Waals surface area (Å²) >= 11 is 6.04. The van der Waals surface area contributed by atoms with E-state index in [0.717, 1.165) is 5.56 Å². The Balaban J connectivity index is 2.08. The van der Waals surface area contributed by atoms with Gasteiger partial charge in [-0.05, 0) is 45.4 Å². The molecular formula is C16H19ClN4O. The Labute approximate surface area is 135 Å². The molecule has 0 aliphatic rings. The van der Waals surface area contributed by atoms with Gasteiger partial charge >= 0.3 is 0 Å². The van der Waals surface area contributed by atoms with Crippen molar-refractivity contribution in [1.29, 1.82) is 0 Å². The molecule has 2 N–H and O–H groups in total. The van der Waals surface area contributed by atoms with Crippen LogP contribution in [-0.4, -0.2) is 21.4 Å². The first-order valence-electron chi connectivity index (χ1n) is 6.92. The Kier molecular flexibility index (Phi) is 4.66. The highest BCUT2D eigenvalue weighted by atomic mass is 35.5. The van der Waals surface area contributed by atoms with Gasteiger partial charge in [0.15, 0.2) is 0 Å². The van der Waals surface area contributed by atoms with Crippen LogP contribution in [0, 0.1) is 6.92 Å². The number of benzene rings is 1. The van der Waals surface area contributed by atoms with E-state index in [0.29, 0.717) is 22.2 Å². The third-order valence-electron chi connectivity index (χ3n) is 2.83. The van der Waals surface area contributed by atoms with E-state index in [4.69, 9.17) is 11.6 Å². The lowest BCUT2D eigenvalue weighted by Gasteiger charge is -2.20. The van der Waals surface area contributed by atoms with Gasteiger partial charge in [0.1, 0.15) is 0 Å².